The summed E-state index contributed by atoms with van der Waals surface area (Å²) < 4.78 is 24.2. The van der Waals surface area contributed by atoms with E-state index in [9.17, 15) is 8.42 Å². The van der Waals surface area contributed by atoms with E-state index in [1.165, 1.54) is 12.8 Å². The molecule has 1 aromatic rings. The summed E-state index contributed by atoms with van der Waals surface area (Å²) in [5, 5.41) is 3.02. The lowest BCUT2D eigenvalue weighted by atomic mass is 10.2. The zero-order valence-corrected chi connectivity index (χ0v) is 15.8. The Morgan fingerprint density at radius 2 is 2.12 bits per heavy atom. The first-order valence-electron chi connectivity index (χ1n) is 9.02. The van der Waals surface area contributed by atoms with Crippen molar-refractivity contribution in [3.8, 4) is 0 Å². The quantitative estimate of drug-likeness (QED) is 0.392. The van der Waals surface area contributed by atoms with Crippen molar-refractivity contribution in [2.75, 3.05) is 31.9 Å². The number of likely N-dealkylation sites (N-methyl/N-ethyl adjacent to an activating group) is 1. The van der Waals surface area contributed by atoms with Crippen LogP contribution in [-0.2, 0) is 15.6 Å². The molecule has 140 valence electrons. The normalized spacial score (nSPS) is 19.2. The number of hydrogen-bond acceptors (Lipinski definition) is 4. The highest BCUT2D eigenvalue weighted by molar-refractivity contribution is 7.90. The molecular weight excluding hydrogens is 336 g/mol. The van der Waals surface area contributed by atoms with Gasteiger partial charge in [0.15, 0.2) is 15.8 Å². The summed E-state index contributed by atoms with van der Waals surface area (Å²) in [5.41, 5.74) is 6.71. The molecule has 0 amide bonds. The molecule has 1 aliphatic rings. The molecule has 7 heteroatoms. The van der Waals surface area contributed by atoms with Crippen LogP contribution in [0.3, 0.4) is 0 Å². The minimum atomic E-state index is -3.10. The van der Waals surface area contributed by atoms with E-state index in [1.54, 1.807) is 0 Å². The lowest BCUT2D eigenvalue weighted by molar-refractivity contribution is 0.273. The Morgan fingerprint density at radius 3 is 2.84 bits per heavy atom. The average Bonchev–Trinajstić information content (AvgIpc) is 3.05. The molecule has 1 fully saturated rings. The Bertz CT molecular complexity index is 646. The first-order valence-corrected chi connectivity index (χ1v) is 10.8. The Kier molecular flexibility index (Phi) is 7.71. The summed E-state index contributed by atoms with van der Waals surface area (Å²) in [6, 6.07) is 9.75. The molecule has 6 nitrogen and oxygen atoms in total. The van der Waals surface area contributed by atoms with Crippen LogP contribution in [0.25, 0.3) is 0 Å². The maximum Gasteiger partial charge on any atom is 0.188 e. The fraction of sp³-hybridized carbons (Fsp3) is 0.611. The van der Waals surface area contributed by atoms with E-state index >= 15 is 0 Å². The number of guanidine groups is 1. The number of sulfone groups is 1. The molecular formula is C18H30N4O2S. The van der Waals surface area contributed by atoms with E-state index in [0.717, 1.165) is 18.7 Å². The van der Waals surface area contributed by atoms with Gasteiger partial charge < -0.3 is 11.1 Å². The first kappa shape index (κ1) is 19.7. The number of likely N-dealkylation sites (tertiary alicyclic amines) is 1. The molecule has 1 aliphatic heterocycles. The average molecular weight is 367 g/mol. The van der Waals surface area contributed by atoms with Gasteiger partial charge in [-0.15, -0.1) is 0 Å². The number of rotatable bonds is 9. The highest BCUT2D eigenvalue weighted by Gasteiger charge is 2.22. The molecule has 0 aliphatic carbocycles. The van der Waals surface area contributed by atoms with Crippen LogP contribution in [0, 0.1) is 0 Å². The summed E-state index contributed by atoms with van der Waals surface area (Å²) in [4.78, 5) is 6.82. The van der Waals surface area contributed by atoms with Gasteiger partial charge >= 0.3 is 0 Å². The fourth-order valence-corrected chi connectivity index (χ4v) is 4.62. The Morgan fingerprint density at radius 1 is 1.36 bits per heavy atom. The topological polar surface area (TPSA) is 87.8 Å². The molecule has 0 bridgehead atoms. The van der Waals surface area contributed by atoms with Crippen molar-refractivity contribution in [1.82, 2.24) is 10.2 Å². The third-order valence-corrected chi connectivity index (χ3v) is 6.23. The van der Waals surface area contributed by atoms with Gasteiger partial charge in [0, 0.05) is 12.6 Å². The van der Waals surface area contributed by atoms with Crippen molar-refractivity contribution < 1.29 is 8.42 Å². The predicted molar refractivity (Wildman–Crippen MR) is 103 cm³/mol. The van der Waals surface area contributed by atoms with Crippen molar-refractivity contribution in [2.24, 2.45) is 10.7 Å². The molecule has 0 radical (unpaired) electrons. The number of nitrogens with one attached hydrogen (secondary N) is 1. The van der Waals surface area contributed by atoms with Gasteiger partial charge in [-0.25, -0.2) is 8.42 Å². The van der Waals surface area contributed by atoms with Crippen LogP contribution in [0.5, 0.6) is 0 Å². The van der Waals surface area contributed by atoms with Crippen LogP contribution >= 0.6 is 0 Å². The maximum absolute atomic E-state index is 12.1. The van der Waals surface area contributed by atoms with Crippen LogP contribution < -0.4 is 11.1 Å². The third kappa shape index (κ3) is 7.04. The second-order valence-corrected chi connectivity index (χ2v) is 8.69. The number of hydrogen-bond donors (Lipinski definition) is 2. The smallest absolute Gasteiger partial charge is 0.188 e. The van der Waals surface area contributed by atoms with E-state index in [1.807, 2.05) is 30.3 Å². The van der Waals surface area contributed by atoms with Gasteiger partial charge in [-0.1, -0.05) is 37.3 Å². The minimum Gasteiger partial charge on any atom is -0.370 e. The van der Waals surface area contributed by atoms with Gasteiger partial charge in [-0.05, 0) is 37.9 Å². The van der Waals surface area contributed by atoms with Crippen molar-refractivity contribution in [3.05, 3.63) is 35.9 Å². The number of nitrogens with two attached hydrogens (primary N) is 1. The minimum absolute atomic E-state index is 0.0892. The molecule has 1 saturated heterocycles. The molecule has 0 aromatic heterocycles. The zero-order chi connectivity index (χ0) is 18.1. The molecule has 0 saturated carbocycles. The Hall–Kier alpha value is -1.60. The van der Waals surface area contributed by atoms with Crippen molar-refractivity contribution >= 4 is 15.8 Å². The van der Waals surface area contributed by atoms with Crippen LogP contribution in [0.4, 0.5) is 0 Å². The second kappa shape index (κ2) is 9.77. The van der Waals surface area contributed by atoms with Crippen molar-refractivity contribution in [2.45, 2.75) is 38.0 Å². The molecule has 25 heavy (non-hydrogen) atoms. The Labute approximate surface area is 151 Å². The van der Waals surface area contributed by atoms with Gasteiger partial charge in [-0.2, -0.15) is 0 Å². The van der Waals surface area contributed by atoms with Gasteiger partial charge in [0.25, 0.3) is 0 Å². The highest BCUT2D eigenvalue weighted by Crippen LogP contribution is 2.16. The van der Waals surface area contributed by atoms with Gasteiger partial charge in [0.2, 0.25) is 0 Å². The van der Waals surface area contributed by atoms with E-state index in [-0.39, 0.29) is 11.5 Å². The van der Waals surface area contributed by atoms with Crippen molar-refractivity contribution in [1.29, 1.82) is 0 Å². The molecule has 1 unspecified atom stereocenters. The number of nitrogens with zero attached hydrogens (tertiary/aromatic N) is 2. The summed E-state index contributed by atoms with van der Waals surface area (Å²) in [6.45, 7) is 5.58. The monoisotopic (exact) mass is 366 g/mol. The van der Waals surface area contributed by atoms with Crippen LogP contribution in [0.15, 0.2) is 35.3 Å². The Balaban J connectivity index is 1.67. The van der Waals surface area contributed by atoms with Gasteiger partial charge in [0.05, 0.1) is 18.1 Å². The molecule has 3 N–H and O–H groups in total. The van der Waals surface area contributed by atoms with E-state index in [4.69, 9.17) is 5.73 Å². The molecule has 2 rings (SSSR count). The largest absolute Gasteiger partial charge is 0.370 e. The van der Waals surface area contributed by atoms with Crippen LogP contribution in [0.1, 0.15) is 31.7 Å². The first-order chi connectivity index (χ1) is 12.0. The summed E-state index contributed by atoms with van der Waals surface area (Å²) >= 11 is 0. The summed E-state index contributed by atoms with van der Waals surface area (Å²) in [6.07, 6.45) is 2.92. The molecule has 1 aromatic carbocycles. The standard InChI is InChI=1S/C18H30N4O2S/c1-2-22-12-6-10-17(22)14-21-18(19)20-11-7-13-25(23,24)15-16-8-4-3-5-9-16/h3-5,8-9,17H,2,6-7,10-15H2,1H3,(H3,19,20,21). The predicted octanol–water partition coefficient (Wildman–Crippen LogP) is 1.38. The van der Waals surface area contributed by atoms with Crippen LogP contribution in [0.2, 0.25) is 0 Å². The molecule has 0 spiro atoms. The second-order valence-electron chi connectivity index (χ2n) is 6.51. The van der Waals surface area contributed by atoms with E-state index in [0.29, 0.717) is 31.5 Å². The molecule has 1 heterocycles. The van der Waals surface area contributed by atoms with Crippen LogP contribution in [-0.4, -0.2) is 57.3 Å². The van der Waals surface area contributed by atoms with Gasteiger partial charge in [-0.3, -0.25) is 9.89 Å². The summed E-state index contributed by atoms with van der Waals surface area (Å²) in [5.74, 6) is 0.642. The van der Waals surface area contributed by atoms with Crippen molar-refractivity contribution in [3.63, 3.8) is 0 Å². The van der Waals surface area contributed by atoms with Gasteiger partial charge in [0.1, 0.15) is 0 Å². The number of benzene rings is 1. The third-order valence-electron chi connectivity index (χ3n) is 4.55. The molecule has 1 atom stereocenters. The lowest BCUT2D eigenvalue weighted by Gasteiger charge is -2.20. The fourth-order valence-electron chi connectivity index (χ4n) is 3.19. The highest BCUT2D eigenvalue weighted by atomic mass is 32.2. The SMILES string of the molecule is CCN1CCCC1CN=C(N)NCCCS(=O)(=O)Cc1ccccc1. The number of aliphatic imine (C=N–C) groups is 1. The lowest BCUT2D eigenvalue weighted by Crippen LogP contribution is -2.36. The van der Waals surface area contributed by atoms with E-state index in [2.05, 4.69) is 22.1 Å². The maximum atomic E-state index is 12.1. The zero-order valence-electron chi connectivity index (χ0n) is 15.0. The van der Waals surface area contributed by atoms with E-state index < -0.39 is 9.84 Å². The summed E-state index contributed by atoms with van der Waals surface area (Å²) in [7, 11) is -3.10.